The van der Waals surface area contributed by atoms with Crippen LogP contribution in [0.5, 0.6) is 5.75 Å². The Balaban J connectivity index is 2.39. The number of rotatable bonds is 5. The number of carbonyl (C=O) groups excluding carboxylic acids is 1. The summed E-state index contributed by atoms with van der Waals surface area (Å²) in [5.41, 5.74) is 7.19. The molecule has 0 aliphatic carbocycles. The highest BCUT2D eigenvalue weighted by Crippen LogP contribution is 2.26. The van der Waals surface area contributed by atoms with E-state index in [9.17, 15) is 13.2 Å². The van der Waals surface area contributed by atoms with E-state index < -0.39 is 16.0 Å². The maximum atomic E-state index is 12.4. The van der Waals surface area contributed by atoms with Gasteiger partial charge in [-0.15, -0.1) is 0 Å². The molecular formula is C16H20N2O4S. The number of aromatic nitrogens is 1. The lowest BCUT2D eigenvalue weighted by atomic mass is 10.0. The lowest BCUT2D eigenvalue weighted by Gasteiger charge is -2.11. The van der Waals surface area contributed by atoms with E-state index in [0.717, 1.165) is 11.1 Å². The van der Waals surface area contributed by atoms with Crippen LogP contribution in [0.3, 0.4) is 0 Å². The highest BCUT2D eigenvalue weighted by molar-refractivity contribution is 7.87. The van der Waals surface area contributed by atoms with Gasteiger partial charge in [0, 0.05) is 13.2 Å². The van der Waals surface area contributed by atoms with Crippen LogP contribution in [0, 0.1) is 6.92 Å². The SMILES string of the molecule is Cc1cc(OS(=O)(=O)c2cc(C(N)=O)n(C)c2)cc(C(C)C)c1. The topological polar surface area (TPSA) is 91.4 Å². The highest BCUT2D eigenvalue weighted by Gasteiger charge is 2.22. The van der Waals surface area contributed by atoms with Gasteiger partial charge >= 0.3 is 10.1 Å². The Kier molecular flexibility index (Phi) is 4.51. The Bertz CT molecular complexity index is 851. The molecular weight excluding hydrogens is 316 g/mol. The Morgan fingerprint density at radius 1 is 1.22 bits per heavy atom. The molecule has 1 heterocycles. The summed E-state index contributed by atoms with van der Waals surface area (Å²) in [6.45, 7) is 5.91. The van der Waals surface area contributed by atoms with E-state index in [-0.39, 0.29) is 22.3 Å². The molecule has 0 atom stereocenters. The van der Waals surface area contributed by atoms with Gasteiger partial charge in [-0.25, -0.2) is 0 Å². The van der Waals surface area contributed by atoms with Gasteiger partial charge in [-0.1, -0.05) is 19.9 Å². The van der Waals surface area contributed by atoms with Crippen molar-refractivity contribution in [2.45, 2.75) is 31.6 Å². The molecule has 0 radical (unpaired) electrons. The summed E-state index contributed by atoms with van der Waals surface area (Å²) in [5, 5.41) is 0. The molecule has 0 aliphatic rings. The average Bonchev–Trinajstić information content (AvgIpc) is 2.80. The van der Waals surface area contributed by atoms with E-state index >= 15 is 0 Å². The van der Waals surface area contributed by atoms with Crippen LogP contribution < -0.4 is 9.92 Å². The zero-order valence-electron chi connectivity index (χ0n) is 13.5. The van der Waals surface area contributed by atoms with Gasteiger partial charge < -0.3 is 14.5 Å². The number of aryl methyl sites for hydroxylation is 2. The summed E-state index contributed by atoms with van der Waals surface area (Å²) in [6.07, 6.45) is 1.30. The first-order chi connectivity index (χ1) is 10.6. The van der Waals surface area contributed by atoms with Crippen molar-refractivity contribution in [2.24, 2.45) is 12.8 Å². The van der Waals surface area contributed by atoms with Crippen LogP contribution in [0.15, 0.2) is 35.4 Å². The molecule has 124 valence electrons. The number of amides is 1. The third-order valence-corrected chi connectivity index (χ3v) is 4.68. The quantitative estimate of drug-likeness (QED) is 0.848. The van der Waals surface area contributed by atoms with E-state index in [4.69, 9.17) is 9.92 Å². The number of carbonyl (C=O) groups is 1. The minimum Gasteiger partial charge on any atom is -0.379 e. The number of hydrogen-bond acceptors (Lipinski definition) is 4. The molecule has 2 aromatic rings. The molecule has 0 saturated heterocycles. The molecule has 0 fully saturated rings. The van der Waals surface area contributed by atoms with E-state index in [2.05, 4.69) is 0 Å². The number of benzene rings is 1. The van der Waals surface area contributed by atoms with Crippen molar-refractivity contribution in [1.29, 1.82) is 0 Å². The summed E-state index contributed by atoms with van der Waals surface area (Å²) >= 11 is 0. The van der Waals surface area contributed by atoms with Crippen molar-refractivity contribution in [3.05, 3.63) is 47.3 Å². The normalized spacial score (nSPS) is 11.7. The predicted octanol–water partition coefficient (Wildman–Crippen LogP) is 2.32. The Hall–Kier alpha value is -2.28. The van der Waals surface area contributed by atoms with Gasteiger partial charge in [-0.05, 0) is 42.2 Å². The standard InChI is InChI=1S/C16H20N2O4S/c1-10(2)12-5-11(3)6-13(7-12)22-23(20,21)14-8-15(16(17)19)18(4)9-14/h5-10H,1-4H3,(H2,17,19). The fourth-order valence-corrected chi connectivity index (χ4v) is 3.24. The number of nitrogens with two attached hydrogens (primary N) is 1. The summed E-state index contributed by atoms with van der Waals surface area (Å²) in [5.74, 6) is -0.206. The van der Waals surface area contributed by atoms with Gasteiger partial charge in [-0.3, -0.25) is 4.79 Å². The van der Waals surface area contributed by atoms with Crippen molar-refractivity contribution in [2.75, 3.05) is 0 Å². The summed E-state index contributed by atoms with van der Waals surface area (Å²) in [6, 6.07) is 6.54. The van der Waals surface area contributed by atoms with Gasteiger partial charge in [0.15, 0.2) is 0 Å². The third kappa shape index (κ3) is 3.73. The highest BCUT2D eigenvalue weighted by atomic mass is 32.2. The van der Waals surface area contributed by atoms with Crippen LogP contribution in [0.4, 0.5) is 0 Å². The monoisotopic (exact) mass is 336 g/mol. The van der Waals surface area contributed by atoms with E-state index in [1.165, 1.54) is 16.8 Å². The molecule has 7 heteroatoms. The van der Waals surface area contributed by atoms with Gasteiger partial charge in [-0.2, -0.15) is 8.42 Å². The van der Waals surface area contributed by atoms with Gasteiger partial charge in [0.1, 0.15) is 16.3 Å². The minimum absolute atomic E-state index is 0.0966. The van der Waals surface area contributed by atoms with Gasteiger partial charge in [0.25, 0.3) is 5.91 Å². The van der Waals surface area contributed by atoms with Crippen LogP contribution >= 0.6 is 0 Å². The second-order valence-corrected chi connectivity index (χ2v) is 7.35. The van der Waals surface area contributed by atoms with E-state index in [1.807, 2.05) is 26.8 Å². The Labute approximate surface area is 136 Å². The summed E-state index contributed by atoms with van der Waals surface area (Å²) in [7, 11) is -2.49. The lowest BCUT2D eigenvalue weighted by Crippen LogP contribution is -2.14. The number of hydrogen-bond donors (Lipinski definition) is 1. The van der Waals surface area contributed by atoms with Crippen LogP contribution in [0.25, 0.3) is 0 Å². The first-order valence-corrected chi connectivity index (χ1v) is 8.53. The van der Waals surface area contributed by atoms with Crippen molar-refractivity contribution < 1.29 is 17.4 Å². The molecule has 0 spiro atoms. The lowest BCUT2D eigenvalue weighted by molar-refractivity contribution is 0.0992. The maximum Gasteiger partial charge on any atom is 0.340 e. The minimum atomic E-state index is -4.04. The molecule has 2 rings (SSSR count). The third-order valence-electron chi connectivity index (χ3n) is 3.47. The zero-order chi connectivity index (χ0) is 17.4. The Morgan fingerprint density at radius 2 is 1.87 bits per heavy atom. The molecule has 1 aromatic carbocycles. The second-order valence-electron chi connectivity index (χ2n) is 5.81. The van der Waals surface area contributed by atoms with Gasteiger partial charge in [0.05, 0.1) is 0 Å². The summed E-state index contributed by atoms with van der Waals surface area (Å²) < 4.78 is 31.4. The molecule has 0 aliphatic heterocycles. The predicted molar refractivity (Wildman–Crippen MR) is 87.0 cm³/mol. The maximum absolute atomic E-state index is 12.4. The average molecular weight is 336 g/mol. The van der Waals surface area contributed by atoms with Crippen molar-refractivity contribution in [3.8, 4) is 5.75 Å². The van der Waals surface area contributed by atoms with Crippen LogP contribution in [-0.4, -0.2) is 18.9 Å². The smallest absolute Gasteiger partial charge is 0.340 e. The molecule has 0 saturated carbocycles. The van der Waals surface area contributed by atoms with Crippen molar-refractivity contribution in [1.82, 2.24) is 4.57 Å². The fourth-order valence-electron chi connectivity index (χ4n) is 2.25. The molecule has 1 amide bonds. The molecule has 2 N–H and O–H groups in total. The molecule has 23 heavy (non-hydrogen) atoms. The van der Waals surface area contributed by atoms with Crippen LogP contribution in [0.1, 0.15) is 41.4 Å². The molecule has 0 unspecified atom stereocenters. The largest absolute Gasteiger partial charge is 0.379 e. The molecule has 6 nitrogen and oxygen atoms in total. The zero-order valence-corrected chi connectivity index (χ0v) is 14.3. The number of nitrogens with zero attached hydrogens (tertiary/aromatic N) is 1. The van der Waals surface area contributed by atoms with Crippen molar-refractivity contribution in [3.63, 3.8) is 0 Å². The second kappa shape index (κ2) is 6.08. The van der Waals surface area contributed by atoms with E-state index in [1.54, 1.807) is 19.2 Å². The first-order valence-electron chi connectivity index (χ1n) is 7.12. The van der Waals surface area contributed by atoms with Crippen LogP contribution in [-0.2, 0) is 17.2 Å². The van der Waals surface area contributed by atoms with Crippen LogP contribution in [0.2, 0.25) is 0 Å². The van der Waals surface area contributed by atoms with E-state index in [0.29, 0.717) is 0 Å². The van der Waals surface area contributed by atoms with Crippen molar-refractivity contribution >= 4 is 16.0 Å². The Morgan fingerprint density at radius 3 is 2.39 bits per heavy atom. The fraction of sp³-hybridized carbons (Fsp3) is 0.312. The van der Waals surface area contributed by atoms with Gasteiger partial charge in [0.2, 0.25) is 0 Å². The molecule has 0 bridgehead atoms. The first kappa shape index (κ1) is 17.1. The number of primary amides is 1. The summed E-state index contributed by atoms with van der Waals surface area (Å²) in [4.78, 5) is 11.1. The molecule has 1 aromatic heterocycles.